The number of nitrogens with one attached hydrogen (secondary N) is 1. The van der Waals surface area contributed by atoms with Gasteiger partial charge in [0.1, 0.15) is 24.3 Å². The summed E-state index contributed by atoms with van der Waals surface area (Å²) >= 11 is 0. The van der Waals surface area contributed by atoms with Gasteiger partial charge in [0.05, 0.1) is 12.6 Å². The molecule has 1 N–H and O–H groups in total. The van der Waals surface area contributed by atoms with E-state index in [-0.39, 0.29) is 42.0 Å². The predicted octanol–water partition coefficient (Wildman–Crippen LogP) is 3.92. The normalized spacial score (nSPS) is 18.9. The number of rotatable bonds is 7. The molecule has 1 aliphatic heterocycles. The van der Waals surface area contributed by atoms with E-state index in [4.69, 9.17) is 9.47 Å². The molecule has 1 fully saturated rings. The van der Waals surface area contributed by atoms with Crippen LogP contribution in [0, 0.1) is 5.82 Å². The molecule has 3 rings (SSSR count). The molecule has 0 aromatic heterocycles. The van der Waals surface area contributed by atoms with Crippen molar-refractivity contribution in [2.24, 2.45) is 4.99 Å². The van der Waals surface area contributed by atoms with Crippen LogP contribution in [-0.2, 0) is 11.3 Å². The molecule has 0 saturated carbocycles. The van der Waals surface area contributed by atoms with Crippen molar-refractivity contribution in [2.45, 2.75) is 25.7 Å². The number of benzene rings is 2. The first kappa shape index (κ1) is 26.3. The summed E-state index contributed by atoms with van der Waals surface area (Å²) < 4.78 is 25.2. The molecular formula is C24H34FIN4O2. The van der Waals surface area contributed by atoms with Crippen LogP contribution >= 0.6 is 24.0 Å². The first-order valence-corrected chi connectivity index (χ1v) is 10.7. The third-order valence-corrected chi connectivity index (χ3v) is 5.17. The van der Waals surface area contributed by atoms with Crippen molar-refractivity contribution in [3.63, 3.8) is 0 Å². The van der Waals surface area contributed by atoms with E-state index >= 15 is 0 Å². The van der Waals surface area contributed by atoms with Gasteiger partial charge >= 0.3 is 0 Å². The second-order valence-corrected chi connectivity index (χ2v) is 8.09. The molecule has 6 nitrogen and oxygen atoms in total. The fraction of sp³-hybridized carbons (Fsp3) is 0.458. The number of hydrogen-bond donors (Lipinski definition) is 1. The molecule has 2 aromatic carbocycles. The fourth-order valence-electron chi connectivity index (χ4n) is 3.59. The molecular weight excluding hydrogens is 522 g/mol. The van der Waals surface area contributed by atoms with Crippen molar-refractivity contribution in [2.75, 3.05) is 47.4 Å². The fourth-order valence-corrected chi connectivity index (χ4v) is 3.59. The van der Waals surface area contributed by atoms with E-state index in [2.05, 4.69) is 32.2 Å². The van der Waals surface area contributed by atoms with Gasteiger partial charge < -0.3 is 24.6 Å². The summed E-state index contributed by atoms with van der Waals surface area (Å²) in [6.07, 6.45) is -0.0906. The van der Waals surface area contributed by atoms with E-state index in [9.17, 15) is 4.39 Å². The topological polar surface area (TPSA) is 49.3 Å². The van der Waals surface area contributed by atoms with Crippen molar-refractivity contribution >= 4 is 29.9 Å². The molecule has 32 heavy (non-hydrogen) atoms. The van der Waals surface area contributed by atoms with Gasteiger partial charge in [-0.05, 0) is 56.4 Å². The van der Waals surface area contributed by atoms with E-state index in [1.807, 2.05) is 33.2 Å². The number of halogens is 2. The van der Waals surface area contributed by atoms with Gasteiger partial charge in [0, 0.05) is 26.7 Å². The highest BCUT2D eigenvalue weighted by Crippen LogP contribution is 2.25. The van der Waals surface area contributed by atoms with Crippen LogP contribution < -0.4 is 10.1 Å². The van der Waals surface area contributed by atoms with Gasteiger partial charge in [0.25, 0.3) is 0 Å². The summed E-state index contributed by atoms with van der Waals surface area (Å²) in [4.78, 5) is 8.76. The lowest BCUT2D eigenvalue weighted by Crippen LogP contribution is -2.50. The highest BCUT2D eigenvalue weighted by atomic mass is 127. The molecule has 176 valence electrons. The van der Waals surface area contributed by atoms with Crippen LogP contribution in [0.15, 0.2) is 53.5 Å². The molecule has 0 amide bonds. The Morgan fingerprint density at radius 1 is 1.22 bits per heavy atom. The summed E-state index contributed by atoms with van der Waals surface area (Å²) in [5, 5.41) is 3.46. The minimum absolute atomic E-state index is 0. The lowest BCUT2D eigenvalue weighted by atomic mass is 10.1. The number of aliphatic imine (C=N–C) groups is 1. The Morgan fingerprint density at radius 2 is 1.97 bits per heavy atom. The average molecular weight is 556 g/mol. The average Bonchev–Trinajstić information content (AvgIpc) is 2.74. The highest BCUT2D eigenvalue weighted by Gasteiger charge is 2.28. The van der Waals surface area contributed by atoms with E-state index in [1.165, 1.54) is 12.1 Å². The molecule has 2 aromatic rings. The van der Waals surface area contributed by atoms with E-state index < -0.39 is 0 Å². The zero-order chi connectivity index (χ0) is 22.2. The minimum Gasteiger partial charge on any atom is -0.492 e. The number of hydrogen-bond acceptors (Lipinski definition) is 4. The molecule has 1 aliphatic rings. The van der Waals surface area contributed by atoms with Gasteiger partial charge in [0.2, 0.25) is 0 Å². The van der Waals surface area contributed by atoms with Gasteiger partial charge in [-0.3, -0.25) is 4.99 Å². The second-order valence-electron chi connectivity index (χ2n) is 8.09. The maximum Gasteiger partial charge on any atom is 0.194 e. The van der Waals surface area contributed by atoms with Crippen LogP contribution in [0.25, 0.3) is 0 Å². The number of ether oxygens (including phenoxy) is 2. The monoisotopic (exact) mass is 556 g/mol. The van der Waals surface area contributed by atoms with E-state index in [0.29, 0.717) is 19.7 Å². The Hall–Kier alpha value is -1.91. The number of nitrogens with zero attached hydrogens (tertiary/aromatic N) is 3. The molecule has 0 bridgehead atoms. The van der Waals surface area contributed by atoms with Crippen LogP contribution in [0.1, 0.15) is 24.2 Å². The summed E-state index contributed by atoms with van der Waals surface area (Å²) in [5.41, 5.74) is 2.09. The molecule has 0 radical (unpaired) electrons. The van der Waals surface area contributed by atoms with E-state index in [0.717, 1.165) is 35.9 Å². The SMILES string of the molecule is CN=C(NCc1cccc(OCCN(C)C)c1)N1CC(C)OC(c2ccc(F)cc2)C1.I. The van der Waals surface area contributed by atoms with Crippen molar-refractivity contribution in [1.29, 1.82) is 0 Å². The van der Waals surface area contributed by atoms with Gasteiger partial charge in [0.15, 0.2) is 5.96 Å². The summed E-state index contributed by atoms with van der Waals surface area (Å²) in [6.45, 7) is 5.62. The second kappa shape index (κ2) is 13.0. The third-order valence-electron chi connectivity index (χ3n) is 5.17. The Balaban J connectivity index is 0.00000363. The standard InChI is InChI=1S/C24H33FN4O2.HI/c1-18-16-29(17-23(31-18)20-8-10-21(25)11-9-20)24(26-2)27-15-19-6-5-7-22(14-19)30-13-12-28(3)4;/h5-11,14,18,23H,12-13,15-17H2,1-4H3,(H,26,27);1H. The molecule has 1 heterocycles. The predicted molar refractivity (Wildman–Crippen MR) is 137 cm³/mol. The Morgan fingerprint density at radius 3 is 2.66 bits per heavy atom. The first-order valence-electron chi connectivity index (χ1n) is 10.7. The Kier molecular flexibility index (Phi) is 10.7. The minimum atomic E-state index is -0.241. The van der Waals surface area contributed by atoms with Crippen molar-refractivity contribution in [3.05, 3.63) is 65.5 Å². The van der Waals surface area contributed by atoms with Crippen LogP contribution in [0.2, 0.25) is 0 Å². The third kappa shape index (κ3) is 7.90. The largest absolute Gasteiger partial charge is 0.492 e. The van der Waals surface area contributed by atoms with E-state index in [1.54, 1.807) is 19.2 Å². The quantitative estimate of drug-likeness (QED) is 0.319. The van der Waals surface area contributed by atoms with Crippen LogP contribution in [0.4, 0.5) is 4.39 Å². The zero-order valence-electron chi connectivity index (χ0n) is 19.3. The van der Waals surface area contributed by atoms with Crippen molar-refractivity contribution in [1.82, 2.24) is 15.1 Å². The van der Waals surface area contributed by atoms with Crippen LogP contribution in [-0.4, -0.2) is 69.2 Å². The number of morpholine rings is 1. The van der Waals surface area contributed by atoms with Crippen molar-refractivity contribution in [3.8, 4) is 5.75 Å². The van der Waals surface area contributed by atoms with Gasteiger partial charge in [-0.15, -0.1) is 24.0 Å². The summed E-state index contributed by atoms with van der Waals surface area (Å²) in [6, 6.07) is 14.6. The number of guanidine groups is 1. The smallest absolute Gasteiger partial charge is 0.194 e. The maximum absolute atomic E-state index is 13.3. The number of likely N-dealkylation sites (N-methyl/N-ethyl adjacent to an activating group) is 1. The molecule has 0 aliphatic carbocycles. The van der Waals surface area contributed by atoms with Gasteiger partial charge in [-0.2, -0.15) is 0 Å². The summed E-state index contributed by atoms with van der Waals surface area (Å²) in [7, 11) is 5.85. The van der Waals surface area contributed by atoms with Crippen LogP contribution in [0.3, 0.4) is 0 Å². The zero-order valence-corrected chi connectivity index (χ0v) is 21.6. The Labute approximate surface area is 207 Å². The highest BCUT2D eigenvalue weighted by molar-refractivity contribution is 14.0. The first-order chi connectivity index (χ1) is 14.9. The Bertz CT molecular complexity index is 863. The molecule has 2 atom stereocenters. The van der Waals surface area contributed by atoms with Gasteiger partial charge in [-0.1, -0.05) is 24.3 Å². The molecule has 1 saturated heterocycles. The van der Waals surface area contributed by atoms with Crippen molar-refractivity contribution < 1.29 is 13.9 Å². The van der Waals surface area contributed by atoms with Crippen LogP contribution in [0.5, 0.6) is 5.75 Å². The van der Waals surface area contributed by atoms with Gasteiger partial charge in [-0.25, -0.2) is 4.39 Å². The lowest BCUT2D eigenvalue weighted by Gasteiger charge is -2.38. The summed E-state index contributed by atoms with van der Waals surface area (Å²) in [5.74, 6) is 1.45. The maximum atomic E-state index is 13.3. The molecule has 8 heteroatoms. The lowest BCUT2D eigenvalue weighted by molar-refractivity contribution is -0.0605. The molecule has 0 spiro atoms. The molecule has 2 unspecified atom stereocenters.